The molecule has 1 amide bonds. The Hall–Kier alpha value is -1.63. The summed E-state index contributed by atoms with van der Waals surface area (Å²) in [6, 6.07) is 8.55. The summed E-state index contributed by atoms with van der Waals surface area (Å²) < 4.78 is 0. The monoisotopic (exact) mass is 356 g/mol. The SMILES string of the molecule is CC1CC(C(=O)N2C[C@H](c3cccc(O)c3)[C@H]3[C@@H]2C2CCN3CC2)NN1. The van der Waals surface area contributed by atoms with Crippen LogP contribution in [0.2, 0.25) is 0 Å². The van der Waals surface area contributed by atoms with Crippen molar-refractivity contribution < 1.29 is 9.90 Å². The first-order valence-electron chi connectivity index (χ1n) is 9.96. The molecule has 0 aliphatic carbocycles. The van der Waals surface area contributed by atoms with Gasteiger partial charge >= 0.3 is 0 Å². The standard InChI is InChI=1S/C20H28N4O2/c1-12-9-17(22-21-12)20(26)24-11-16(14-3-2-4-15(25)10-14)19-18(24)13-5-7-23(19)8-6-13/h2-4,10,12-13,16-19,21-22,25H,5-9,11H2,1H3/t12?,16-,17?,18+,19+/m1/s1. The van der Waals surface area contributed by atoms with E-state index in [1.807, 2.05) is 12.1 Å². The molecule has 5 aliphatic rings. The summed E-state index contributed by atoms with van der Waals surface area (Å²) in [5, 5.41) is 9.97. The number of likely N-dealkylation sites (tertiary alicyclic amines) is 1. The van der Waals surface area contributed by atoms with Gasteiger partial charge in [-0.15, -0.1) is 0 Å². The van der Waals surface area contributed by atoms with Crippen LogP contribution in [0.1, 0.15) is 37.7 Å². The van der Waals surface area contributed by atoms with E-state index in [1.54, 1.807) is 6.07 Å². The zero-order valence-electron chi connectivity index (χ0n) is 15.3. The Kier molecular flexibility index (Phi) is 3.95. The van der Waals surface area contributed by atoms with Gasteiger partial charge in [-0.1, -0.05) is 12.1 Å². The Morgan fingerprint density at radius 3 is 2.69 bits per heavy atom. The number of nitrogens with zero attached hydrogens (tertiary/aromatic N) is 2. The van der Waals surface area contributed by atoms with E-state index in [2.05, 4.69) is 33.6 Å². The number of piperidine rings is 3. The second-order valence-electron chi connectivity index (χ2n) is 8.52. The average molecular weight is 356 g/mol. The van der Waals surface area contributed by atoms with E-state index in [0.29, 0.717) is 29.8 Å². The number of benzene rings is 1. The van der Waals surface area contributed by atoms with E-state index >= 15 is 0 Å². The highest BCUT2D eigenvalue weighted by Gasteiger charge is 2.55. The fourth-order valence-electron chi connectivity index (χ4n) is 5.80. The van der Waals surface area contributed by atoms with E-state index in [1.165, 1.54) is 12.8 Å². The Labute approximate surface area is 154 Å². The van der Waals surface area contributed by atoms with Crippen LogP contribution in [0.5, 0.6) is 5.75 Å². The number of carbonyl (C=O) groups excluding carboxylic acids is 1. The first-order valence-corrected chi connectivity index (χ1v) is 9.96. The lowest BCUT2D eigenvalue weighted by Gasteiger charge is -2.51. The number of carbonyl (C=O) groups is 1. The Balaban J connectivity index is 1.47. The van der Waals surface area contributed by atoms with Gasteiger partial charge in [-0.3, -0.25) is 15.1 Å². The molecule has 5 saturated heterocycles. The number of hydrogen-bond donors (Lipinski definition) is 3. The molecule has 3 N–H and O–H groups in total. The van der Waals surface area contributed by atoms with Crippen LogP contribution in [-0.4, -0.2) is 64.6 Å². The molecule has 0 saturated carbocycles. The van der Waals surface area contributed by atoms with Crippen molar-refractivity contribution in [2.24, 2.45) is 5.92 Å². The van der Waals surface area contributed by atoms with Crippen LogP contribution >= 0.6 is 0 Å². The number of hydrazine groups is 1. The first-order chi connectivity index (χ1) is 12.6. The zero-order valence-corrected chi connectivity index (χ0v) is 15.3. The second-order valence-corrected chi connectivity index (χ2v) is 8.52. The van der Waals surface area contributed by atoms with Crippen LogP contribution in [0.25, 0.3) is 0 Å². The normalized spacial score (nSPS) is 41.4. The van der Waals surface area contributed by atoms with Gasteiger partial charge in [-0.25, -0.2) is 5.43 Å². The predicted molar refractivity (Wildman–Crippen MR) is 98.6 cm³/mol. The number of phenolic OH excluding ortho intramolecular Hbond substituents is 1. The van der Waals surface area contributed by atoms with Gasteiger partial charge < -0.3 is 10.0 Å². The molecule has 0 aromatic heterocycles. The fourth-order valence-corrected chi connectivity index (χ4v) is 5.80. The van der Waals surface area contributed by atoms with E-state index in [-0.39, 0.29) is 17.9 Å². The van der Waals surface area contributed by atoms with Crippen LogP contribution in [-0.2, 0) is 4.79 Å². The summed E-state index contributed by atoms with van der Waals surface area (Å²) in [4.78, 5) is 18.1. The minimum atomic E-state index is -0.121. The van der Waals surface area contributed by atoms with Gasteiger partial charge in [-0.2, -0.15) is 0 Å². The van der Waals surface area contributed by atoms with Gasteiger partial charge in [0, 0.05) is 24.5 Å². The van der Waals surface area contributed by atoms with Crippen LogP contribution in [0.15, 0.2) is 24.3 Å². The molecule has 5 atom stereocenters. The summed E-state index contributed by atoms with van der Waals surface area (Å²) in [6.07, 6.45) is 3.24. The number of hydrogen-bond acceptors (Lipinski definition) is 5. The smallest absolute Gasteiger partial charge is 0.241 e. The highest BCUT2D eigenvalue weighted by molar-refractivity contribution is 5.83. The fraction of sp³-hybridized carbons (Fsp3) is 0.650. The predicted octanol–water partition coefficient (Wildman–Crippen LogP) is 1.04. The van der Waals surface area contributed by atoms with Crippen molar-refractivity contribution in [2.75, 3.05) is 19.6 Å². The summed E-state index contributed by atoms with van der Waals surface area (Å²) in [7, 11) is 0. The maximum Gasteiger partial charge on any atom is 0.241 e. The molecule has 6 rings (SSSR count). The van der Waals surface area contributed by atoms with E-state index in [0.717, 1.165) is 31.6 Å². The first kappa shape index (κ1) is 16.5. The highest BCUT2D eigenvalue weighted by atomic mass is 16.3. The van der Waals surface area contributed by atoms with Crippen LogP contribution in [0, 0.1) is 5.92 Å². The maximum atomic E-state index is 13.3. The molecule has 0 spiro atoms. The Morgan fingerprint density at radius 1 is 1.19 bits per heavy atom. The lowest BCUT2D eigenvalue weighted by atomic mass is 9.75. The zero-order chi connectivity index (χ0) is 17.8. The van der Waals surface area contributed by atoms with Crippen molar-refractivity contribution in [2.45, 2.75) is 56.3 Å². The molecule has 5 aliphatic heterocycles. The summed E-state index contributed by atoms with van der Waals surface area (Å²) in [6.45, 7) is 5.15. The second kappa shape index (κ2) is 6.22. The lowest BCUT2D eigenvalue weighted by Crippen LogP contribution is -2.62. The molecular formula is C20H28N4O2. The third-order valence-corrected chi connectivity index (χ3v) is 6.97. The van der Waals surface area contributed by atoms with Gasteiger partial charge in [0.05, 0.1) is 6.04 Å². The van der Waals surface area contributed by atoms with Crippen molar-refractivity contribution in [3.63, 3.8) is 0 Å². The highest BCUT2D eigenvalue weighted by Crippen LogP contribution is 2.47. The van der Waals surface area contributed by atoms with Crippen molar-refractivity contribution in [3.8, 4) is 5.75 Å². The quantitative estimate of drug-likeness (QED) is 0.739. The minimum Gasteiger partial charge on any atom is -0.508 e. The number of aromatic hydroxyl groups is 1. The van der Waals surface area contributed by atoms with Gasteiger partial charge in [-0.05, 0) is 62.9 Å². The average Bonchev–Trinajstić information content (AvgIpc) is 3.27. The molecule has 6 heteroatoms. The molecule has 5 fully saturated rings. The molecule has 26 heavy (non-hydrogen) atoms. The maximum absolute atomic E-state index is 13.3. The van der Waals surface area contributed by atoms with E-state index in [4.69, 9.17) is 0 Å². The number of nitrogens with one attached hydrogen (secondary N) is 2. The van der Waals surface area contributed by atoms with Crippen LogP contribution in [0.3, 0.4) is 0 Å². The third kappa shape index (κ3) is 2.54. The van der Waals surface area contributed by atoms with Gasteiger partial charge in [0.25, 0.3) is 0 Å². The Morgan fingerprint density at radius 2 is 2.00 bits per heavy atom. The van der Waals surface area contributed by atoms with Crippen molar-refractivity contribution in [1.82, 2.24) is 20.7 Å². The van der Waals surface area contributed by atoms with Gasteiger partial charge in [0.15, 0.2) is 0 Å². The molecular weight excluding hydrogens is 328 g/mol. The van der Waals surface area contributed by atoms with E-state index in [9.17, 15) is 9.90 Å². The van der Waals surface area contributed by atoms with Crippen molar-refractivity contribution >= 4 is 5.91 Å². The molecule has 1 aromatic carbocycles. The molecule has 5 heterocycles. The number of fused-ring (bicyclic) bond motifs is 2. The summed E-state index contributed by atoms with van der Waals surface area (Å²) >= 11 is 0. The number of rotatable bonds is 2. The van der Waals surface area contributed by atoms with Crippen molar-refractivity contribution in [3.05, 3.63) is 29.8 Å². The number of phenols is 1. The summed E-state index contributed by atoms with van der Waals surface area (Å²) in [5.41, 5.74) is 7.54. The topological polar surface area (TPSA) is 67.8 Å². The van der Waals surface area contributed by atoms with Gasteiger partial charge in [0.2, 0.25) is 5.91 Å². The van der Waals surface area contributed by atoms with E-state index < -0.39 is 0 Å². The van der Waals surface area contributed by atoms with Crippen molar-refractivity contribution in [1.29, 1.82) is 0 Å². The largest absolute Gasteiger partial charge is 0.508 e. The molecule has 6 nitrogen and oxygen atoms in total. The van der Waals surface area contributed by atoms with Crippen LogP contribution in [0.4, 0.5) is 0 Å². The molecule has 1 aromatic rings. The Bertz CT molecular complexity index is 703. The molecule has 140 valence electrons. The molecule has 2 unspecified atom stereocenters. The van der Waals surface area contributed by atoms with Crippen LogP contribution < -0.4 is 10.9 Å². The molecule has 0 radical (unpaired) electrons. The third-order valence-electron chi connectivity index (χ3n) is 6.97. The van der Waals surface area contributed by atoms with Gasteiger partial charge in [0.1, 0.15) is 11.8 Å². The lowest BCUT2D eigenvalue weighted by molar-refractivity contribution is -0.138. The summed E-state index contributed by atoms with van der Waals surface area (Å²) in [5.74, 6) is 1.46. The molecule has 2 bridgehead atoms. The minimum absolute atomic E-state index is 0.121. The number of amides is 1.